The van der Waals surface area contributed by atoms with Crippen molar-refractivity contribution in [2.75, 3.05) is 14.2 Å². The van der Waals surface area contributed by atoms with E-state index in [2.05, 4.69) is 16.9 Å². The number of hydrogen-bond donors (Lipinski definition) is 1. The van der Waals surface area contributed by atoms with Crippen LogP contribution < -0.4 is 9.47 Å². The second-order valence-electron chi connectivity index (χ2n) is 5.17. The van der Waals surface area contributed by atoms with Crippen LogP contribution in [0.1, 0.15) is 44.7 Å². The van der Waals surface area contributed by atoms with Crippen LogP contribution in [0, 0.1) is 5.92 Å². The molecule has 0 aliphatic heterocycles. The Morgan fingerprint density at radius 2 is 2.21 bits per heavy atom. The molecule has 5 heteroatoms. The molecular weight excluding hydrogens is 244 g/mol. The number of aliphatic hydroxyl groups is 1. The summed E-state index contributed by atoms with van der Waals surface area (Å²) in [5.74, 6) is 1.29. The number of methoxy groups -OCH3 is 2. The molecule has 5 nitrogen and oxygen atoms in total. The van der Waals surface area contributed by atoms with Crippen LogP contribution in [0.5, 0.6) is 11.8 Å². The SMILES string of the molecule is CCC1CCCC(O)(c2ncc(OC)nc2OC)C1. The predicted octanol–water partition coefficient (Wildman–Crippen LogP) is 2.28. The third-order valence-electron chi connectivity index (χ3n) is 3.97. The largest absolute Gasteiger partial charge is 0.480 e. The summed E-state index contributed by atoms with van der Waals surface area (Å²) >= 11 is 0. The zero-order valence-corrected chi connectivity index (χ0v) is 11.8. The maximum atomic E-state index is 10.9. The molecule has 2 unspecified atom stereocenters. The predicted molar refractivity (Wildman–Crippen MR) is 71.3 cm³/mol. The Labute approximate surface area is 114 Å². The fourth-order valence-electron chi connectivity index (χ4n) is 2.85. The Kier molecular flexibility index (Phi) is 4.24. The first-order valence-corrected chi connectivity index (χ1v) is 6.81. The summed E-state index contributed by atoms with van der Waals surface area (Å²) < 4.78 is 10.3. The van der Waals surface area contributed by atoms with E-state index < -0.39 is 5.60 Å². The van der Waals surface area contributed by atoms with Gasteiger partial charge in [0, 0.05) is 0 Å². The molecule has 1 heterocycles. The lowest BCUT2D eigenvalue weighted by Crippen LogP contribution is -2.34. The van der Waals surface area contributed by atoms with Crippen molar-refractivity contribution in [3.8, 4) is 11.8 Å². The molecular formula is C14H22N2O3. The number of nitrogens with zero attached hydrogens (tertiary/aromatic N) is 2. The van der Waals surface area contributed by atoms with Gasteiger partial charge in [-0.3, -0.25) is 0 Å². The minimum absolute atomic E-state index is 0.360. The summed E-state index contributed by atoms with van der Waals surface area (Å²) in [6.45, 7) is 2.16. The first-order chi connectivity index (χ1) is 9.12. The smallest absolute Gasteiger partial charge is 0.241 e. The van der Waals surface area contributed by atoms with Gasteiger partial charge in [0.1, 0.15) is 11.3 Å². The molecule has 0 amide bonds. The van der Waals surface area contributed by atoms with Crippen LogP contribution in [0.2, 0.25) is 0 Å². The van der Waals surface area contributed by atoms with Gasteiger partial charge in [0.2, 0.25) is 11.8 Å². The van der Waals surface area contributed by atoms with Gasteiger partial charge in [0.15, 0.2) is 0 Å². The molecule has 0 radical (unpaired) electrons. The summed E-state index contributed by atoms with van der Waals surface area (Å²) in [5.41, 5.74) is -0.391. The fraction of sp³-hybridized carbons (Fsp3) is 0.714. The van der Waals surface area contributed by atoms with E-state index in [1.807, 2.05) is 0 Å². The second kappa shape index (κ2) is 5.74. The number of aromatic nitrogens is 2. The minimum Gasteiger partial charge on any atom is -0.480 e. The van der Waals surface area contributed by atoms with Gasteiger partial charge in [-0.15, -0.1) is 0 Å². The van der Waals surface area contributed by atoms with Gasteiger partial charge in [0.05, 0.1) is 20.4 Å². The van der Waals surface area contributed by atoms with E-state index in [1.165, 1.54) is 26.8 Å². The molecule has 1 aromatic heterocycles. The third-order valence-corrected chi connectivity index (χ3v) is 3.97. The number of hydrogen-bond acceptors (Lipinski definition) is 5. The first kappa shape index (κ1) is 14.1. The van der Waals surface area contributed by atoms with Gasteiger partial charge in [-0.25, -0.2) is 4.98 Å². The Hall–Kier alpha value is -1.36. The van der Waals surface area contributed by atoms with Crippen molar-refractivity contribution in [2.24, 2.45) is 5.92 Å². The van der Waals surface area contributed by atoms with Crippen LogP contribution in [0.3, 0.4) is 0 Å². The van der Waals surface area contributed by atoms with Crippen molar-refractivity contribution in [2.45, 2.75) is 44.6 Å². The van der Waals surface area contributed by atoms with Crippen LogP contribution >= 0.6 is 0 Å². The van der Waals surface area contributed by atoms with E-state index in [-0.39, 0.29) is 0 Å². The summed E-state index contributed by atoms with van der Waals surface area (Å²) in [6.07, 6.45) is 6.22. The zero-order valence-electron chi connectivity index (χ0n) is 11.8. The van der Waals surface area contributed by atoms with Crippen LogP contribution in [0.15, 0.2) is 6.20 Å². The topological polar surface area (TPSA) is 64.5 Å². The van der Waals surface area contributed by atoms with Crippen LogP contribution in [0.25, 0.3) is 0 Å². The Morgan fingerprint density at radius 1 is 1.42 bits per heavy atom. The van der Waals surface area contributed by atoms with E-state index in [1.54, 1.807) is 0 Å². The average molecular weight is 266 g/mol. The summed E-state index contributed by atoms with van der Waals surface area (Å²) in [4.78, 5) is 8.54. The lowest BCUT2D eigenvalue weighted by atomic mass is 9.75. The molecule has 0 saturated heterocycles. The maximum Gasteiger partial charge on any atom is 0.241 e. The molecule has 1 N–H and O–H groups in total. The van der Waals surface area contributed by atoms with E-state index in [0.29, 0.717) is 29.8 Å². The van der Waals surface area contributed by atoms with Crippen molar-refractivity contribution < 1.29 is 14.6 Å². The highest BCUT2D eigenvalue weighted by atomic mass is 16.5. The van der Waals surface area contributed by atoms with Crippen LogP contribution in [-0.4, -0.2) is 29.3 Å². The molecule has 19 heavy (non-hydrogen) atoms. The average Bonchev–Trinajstić information content (AvgIpc) is 2.46. The van der Waals surface area contributed by atoms with Gasteiger partial charge in [-0.2, -0.15) is 4.98 Å². The van der Waals surface area contributed by atoms with Crippen molar-refractivity contribution in [3.63, 3.8) is 0 Å². The van der Waals surface area contributed by atoms with E-state index >= 15 is 0 Å². The fourth-order valence-corrected chi connectivity index (χ4v) is 2.85. The molecule has 1 aromatic rings. The molecule has 1 aliphatic carbocycles. The van der Waals surface area contributed by atoms with Crippen molar-refractivity contribution in [1.82, 2.24) is 9.97 Å². The lowest BCUT2D eigenvalue weighted by molar-refractivity contribution is -0.0277. The number of ether oxygens (including phenoxy) is 2. The molecule has 106 valence electrons. The van der Waals surface area contributed by atoms with E-state index in [9.17, 15) is 5.11 Å². The molecule has 0 spiro atoms. The summed E-state index contributed by atoms with van der Waals surface area (Å²) in [6, 6.07) is 0. The van der Waals surface area contributed by atoms with Crippen molar-refractivity contribution in [3.05, 3.63) is 11.9 Å². The van der Waals surface area contributed by atoms with E-state index in [0.717, 1.165) is 19.3 Å². The second-order valence-corrected chi connectivity index (χ2v) is 5.17. The van der Waals surface area contributed by atoms with Gasteiger partial charge in [0.25, 0.3) is 0 Å². The van der Waals surface area contributed by atoms with Crippen molar-refractivity contribution >= 4 is 0 Å². The standard InChI is InChI=1S/C14H22N2O3/c1-4-10-6-5-7-14(17,8-10)12-13(19-3)16-11(18-2)9-15-12/h9-10,17H,4-8H2,1-3H3. The summed E-state index contributed by atoms with van der Waals surface area (Å²) in [5, 5.41) is 10.9. The highest BCUT2D eigenvalue weighted by Gasteiger charge is 2.39. The molecule has 0 bridgehead atoms. The Morgan fingerprint density at radius 3 is 2.84 bits per heavy atom. The van der Waals surface area contributed by atoms with Crippen LogP contribution in [-0.2, 0) is 5.60 Å². The first-order valence-electron chi connectivity index (χ1n) is 6.81. The number of rotatable bonds is 4. The van der Waals surface area contributed by atoms with Gasteiger partial charge in [-0.05, 0) is 25.2 Å². The monoisotopic (exact) mass is 266 g/mol. The third kappa shape index (κ3) is 2.81. The quantitative estimate of drug-likeness (QED) is 0.905. The molecule has 1 aliphatic rings. The van der Waals surface area contributed by atoms with Gasteiger partial charge in [-0.1, -0.05) is 19.8 Å². The molecule has 2 atom stereocenters. The highest BCUT2D eigenvalue weighted by Crippen LogP contribution is 2.42. The molecule has 1 saturated carbocycles. The van der Waals surface area contributed by atoms with Crippen molar-refractivity contribution in [1.29, 1.82) is 0 Å². The van der Waals surface area contributed by atoms with Gasteiger partial charge >= 0.3 is 0 Å². The van der Waals surface area contributed by atoms with Gasteiger partial charge < -0.3 is 14.6 Å². The molecule has 2 rings (SSSR count). The normalized spacial score (nSPS) is 27.1. The molecule has 0 aromatic carbocycles. The van der Waals surface area contributed by atoms with Crippen LogP contribution in [0.4, 0.5) is 0 Å². The summed E-state index contributed by atoms with van der Waals surface area (Å²) in [7, 11) is 3.07. The highest BCUT2D eigenvalue weighted by molar-refractivity contribution is 5.28. The minimum atomic E-state index is -0.927. The zero-order chi connectivity index (χ0) is 13.9. The maximum absolute atomic E-state index is 10.9. The van der Waals surface area contributed by atoms with E-state index in [4.69, 9.17) is 9.47 Å². The lowest BCUT2D eigenvalue weighted by Gasteiger charge is -2.36. The Bertz CT molecular complexity index is 439. The molecule has 1 fully saturated rings. The Balaban J connectivity index is 2.33.